The quantitative estimate of drug-likeness (QED) is 0.352. The number of pyridine rings is 1. The molecular weight excluding hydrogens is 517 g/mol. The van der Waals surface area contributed by atoms with E-state index in [0.29, 0.717) is 44.0 Å². The molecule has 2 saturated heterocycles. The Morgan fingerprint density at radius 3 is 2.92 bits per heavy atom. The summed E-state index contributed by atoms with van der Waals surface area (Å²) in [5.74, 6) is 0.377. The Morgan fingerprint density at radius 2 is 2.17 bits per heavy atom. The first-order valence-corrected chi connectivity index (χ1v) is 14.2. The number of benzene rings is 1. The molecule has 0 bridgehead atoms. The minimum absolute atomic E-state index is 0.0627. The fraction of sp³-hybridized carbons (Fsp3) is 0.600. The average Bonchev–Trinajstić information content (AvgIpc) is 3.39. The Bertz CT molecular complexity index is 1170. The van der Waals surface area contributed by atoms with Crippen molar-refractivity contribution in [3.8, 4) is 5.75 Å². The summed E-state index contributed by atoms with van der Waals surface area (Å²) >= 11 is 0. The van der Waals surface area contributed by atoms with Gasteiger partial charge >= 0.3 is 5.97 Å². The van der Waals surface area contributed by atoms with Gasteiger partial charge in [0, 0.05) is 43.6 Å². The van der Waals surface area contributed by atoms with Crippen molar-refractivity contribution in [2.75, 3.05) is 51.9 Å². The number of carboxylic acid groups (broad SMARTS) is 1. The Morgan fingerprint density at radius 1 is 1.32 bits per heavy atom. The smallest absolute Gasteiger partial charge is 0.325 e. The molecule has 4 heterocycles. The van der Waals surface area contributed by atoms with Gasteiger partial charge in [-0.3, -0.25) is 9.69 Å². The fourth-order valence-electron chi connectivity index (χ4n) is 5.71. The van der Waals surface area contributed by atoms with Gasteiger partial charge in [0.05, 0.1) is 33.0 Å². The molecular formula is C30H40FN3O6. The van der Waals surface area contributed by atoms with E-state index in [4.69, 9.17) is 23.9 Å². The predicted octanol–water partition coefficient (Wildman–Crippen LogP) is 4.13. The van der Waals surface area contributed by atoms with Crippen LogP contribution in [0.1, 0.15) is 61.0 Å². The second-order valence-corrected chi connectivity index (χ2v) is 11.2. The summed E-state index contributed by atoms with van der Waals surface area (Å²) in [6.45, 7) is 5.71. The van der Waals surface area contributed by atoms with Crippen LogP contribution in [0.25, 0.3) is 0 Å². The summed E-state index contributed by atoms with van der Waals surface area (Å²) in [6, 6.07) is 5.37. The number of carbonyl (C=O) groups is 1. The number of aryl methyl sites for hydroxylation is 1. The van der Waals surface area contributed by atoms with Crippen molar-refractivity contribution in [1.29, 1.82) is 0 Å². The van der Waals surface area contributed by atoms with Crippen LogP contribution in [-0.4, -0.2) is 79.2 Å². The third-order valence-electron chi connectivity index (χ3n) is 8.00. The highest BCUT2D eigenvalue weighted by molar-refractivity contribution is 5.76. The van der Waals surface area contributed by atoms with Gasteiger partial charge in [-0.05, 0) is 68.7 Å². The van der Waals surface area contributed by atoms with Crippen LogP contribution in [-0.2, 0) is 38.5 Å². The maximum atomic E-state index is 14.3. The normalized spacial score (nSPS) is 20.8. The molecule has 0 aliphatic carbocycles. The molecule has 3 aliphatic rings. The van der Waals surface area contributed by atoms with Crippen LogP contribution < -0.4 is 10.1 Å². The highest BCUT2D eigenvalue weighted by atomic mass is 19.1. The van der Waals surface area contributed by atoms with Crippen LogP contribution in [0.15, 0.2) is 24.3 Å². The zero-order chi connectivity index (χ0) is 28.1. The molecule has 218 valence electrons. The van der Waals surface area contributed by atoms with Gasteiger partial charge in [-0.15, -0.1) is 0 Å². The molecule has 2 fully saturated rings. The minimum Gasteiger partial charge on any atom is -0.496 e. The molecule has 1 aromatic heterocycles. The molecule has 2 atom stereocenters. The Hall–Kier alpha value is -2.79. The van der Waals surface area contributed by atoms with Crippen molar-refractivity contribution < 1.29 is 33.2 Å². The number of rotatable bonds is 13. The molecule has 2 N–H and O–H groups in total. The van der Waals surface area contributed by atoms with Crippen LogP contribution >= 0.6 is 0 Å². The molecule has 2 aromatic rings. The van der Waals surface area contributed by atoms with Crippen LogP contribution in [0.4, 0.5) is 10.2 Å². The average molecular weight is 558 g/mol. The molecule has 0 saturated carbocycles. The van der Waals surface area contributed by atoms with Crippen LogP contribution in [0, 0.1) is 5.82 Å². The van der Waals surface area contributed by atoms with Crippen molar-refractivity contribution >= 4 is 11.8 Å². The van der Waals surface area contributed by atoms with Crippen molar-refractivity contribution in [2.45, 2.75) is 69.8 Å². The molecule has 1 aromatic carbocycles. The number of nitrogens with zero attached hydrogens (tertiary/aromatic N) is 2. The summed E-state index contributed by atoms with van der Waals surface area (Å²) in [4.78, 5) is 19.1. The van der Waals surface area contributed by atoms with E-state index in [-0.39, 0.29) is 12.7 Å². The largest absolute Gasteiger partial charge is 0.496 e. The molecule has 3 aliphatic heterocycles. The molecule has 10 heteroatoms. The maximum Gasteiger partial charge on any atom is 0.325 e. The van der Waals surface area contributed by atoms with Crippen molar-refractivity contribution in [3.05, 3.63) is 52.5 Å². The van der Waals surface area contributed by atoms with Gasteiger partial charge < -0.3 is 29.4 Å². The number of carboxylic acids is 1. The second kappa shape index (κ2) is 12.8. The molecule has 0 amide bonds. The fourth-order valence-corrected chi connectivity index (χ4v) is 5.71. The summed E-state index contributed by atoms with van der Waals surface area (Å²) in [5, 5.41) is 13.5. The van der Waals surface area contributed by atoms with E-state index in [0.717, 1.165) is 67.9 Å². The maximum absolute atomic E-state index is 14.3. The van der Waals surface area contributed by atoms with Crippen molar-refractivity contribution in [3.63, 3.8) is 0 Å². The van der Waals surface area contributed by atoms with Gasteiger partial charge in [0.15, 0.2) is 0 Å². The number of fused-ring (bicyclic) bond motifs is 1. The molecule has 40 heavy (non-hydrogen) atoms. The Kier molecular flexibility index (Phi) is 9.20. The summed E-state index contributed by atoms with van der Waals surface area (Å²) in [5.41, 5.74) is 2.88. The first-order chi connectivity index (χ1) is 19.3. The molecule has 0 radical (unpaired) electrons. The number of halogens is 1. The lowest BCUT2D eigenvalue weighted by atomic mass is 9.98. The van der Waals surface area contributed by atoms with Crippen LogP contribution in [0.5, 0.6) is 5.75 Å². The first kappa shape index (κ1) is 28.7. The third-order valence-corrected chi connectivity index (χ3v) is 8.00. The lowest BCUT2D eigenvalue weighted by molar-refractivity contribution is -0.204. The van der Waals surface area contributed by atoms with E-state index in [2.05, 4.69) is 5.32 Å². The minimum atomic E-state index is -1.01. The van der Waals surface area contributed by atoms with E-state index < -0.39 is 23.4 Å². The number of nitrogens with one attached hydrogen (secondary N) is 1. The zero-order valence-corrected chi connectivity index (χ0v) is 23.4. The molecule has 9 nitrogen and oxygen atoms in total. The molecule has 5 rings (SSSR count). The first-order valence-electron chi connectivity index (χ1n) is 14.2. The molecule has 1 unspecified atom stereocenters. The van der Waals surface area contributed by atoms with Crippen LogP contribution in [0.2, 0.25) is 0 Å². The monoisotopic (exact) mass is 557 g/mol. The van der Waals surface area contributed by atoms with Gasteiger partial charge in [0.2, 0.25) is 0 Å². The summed E-state index contributed by atoms with van der Waals surface area (Å²) < 4.78 is 37.2. The third kappa shape index (κ3) is 6.74. The second-order valence-electron chi connectivity index (χ2n) is 11.2. The number of likely N-dealkylation sites (tertiary alicyclic amines) is 1. The van der Waals surface area contributed by atoms with Gasteiger partial charge in [-0.2, -0.15) is 0 Å². The number of hydrogen-bond acceptors (Lipinski definition) is 8. The molecule has 0 spiro atoms. The Labute approximate surface area is 235 Å². The van der Waals surface area contributed by atoms with Crippen LogP contribution in [0.3, 0.4) is 0 Å². The lowest BCUT2D eigenvalue weighted by Crippen LogP contribution is -2.49. The van der Waals surface area contributed by atoms with Gasteiger partial charge in [-0.1, -0.05) is 6.07 Å². The number of hydrogen-bond donors (Lipinski definition) is 2. The van der Waals surface area contributed by atoms with Gasteiger partial charge in [0.1, 0.15) is 29.0 Å². The Balaban J connectivity index is 1.12. The lowest BCUT2D eigenvalue weighted by Gasteiger charge is -2.38. The number of aromatic nitrogens is 1. The topological polar surface area (TPSA) is 102 Å². The number of unbranched alkanes of at least 4 members (excludes halogenated alkanes) is 1. The van der Waals surface area contributed by atoms with E-state index in [1.807, 2.05) is 17.9 Å². The number of methoxy groups -OCH3 is 1. The van der Waals surface area contributed by atoms with E-state index in [1.165, 1.54) is 12.1 Å². The number of ether oxygens (including phenoxy) is 4. The van der Waals surface area contributed by atoms with E-state index in [9.17, 15) is 14.3 Å². The standard InChI is InChI=1S/C30H40FN3O6/c1-30(18-38-19-30)40-17-20-8-9-21(31)14-25(20)27(29(35)36)34-12-10-23(16-34)39-13-4-3-6-22-15-26(37-2)24-7-5-11-32-28(24)33-22/h8-9,14-15,23,27H,3-7,10-13,16-19H2,1-2H3,(H,32,33)(H,35,36)/t23-,27?/m1/s1. The van der Waals surface area contributed by atoms with E-state index >= 15 is 0 Å². The number of anilines is 1. The van der Waals surface area contributed by atoms with Gasteiger partial charge in [0.25, 0.3) is 0 Å². The van der Waals surface area contributed by atoms with Gasteiger partial charge in [-0.25, -0.2) is 9.37 Å². The highest BCUT2D eigenvalue weighted by Crippen LogP contribution is 2.33. The van der Waals surface area contributed by atoms with Crippen molar-refractivity contribution in [1.82, 2.24) is 9.88 Å². The predicted molar refractivity (Wildman–Crippen MR) is 147 cm³/mol. The summed E-state index contributed by atoms with van der Waals surface area (Å²) in [7, 11) is 1.70. The number of aliphatic carboxylic acids is 1. The van der Waals surface area contributed by atoms with Crippen molar-refractivity contribution in [2.24, 2.45) is 0 Å². The summed E-state index contributed by atoms with van der Waals surface area (Å²) in [6.07, 6.45) is 5.38. The highest BCUT2D eigenvalue weighted by Gasteiger charge is 2.37. The zero-order valence-electron chi connectivity index (χ0n) is 23.4. The SMILES string of the molecule is COc1cc(CCCCO[C@@H]2CCN(C(C(=O)O)c3cc(F)ccc3COC3(C)COC3)C2)nc2c1CCCN2. The van der Waals surface area contributed by atoms with E-state index in [1.54, 1.807) is 13.2 Å².